The maximum Gasteiger partial charge on any atom is 0.315 e. The smallest absolute Gasteiger partial charge is 0.315 e. The van der Waals surface area contributed by atoms with Crippen LogP contribution in [0.15, 0.2) is 6.20 Å². The number of carbonyl (C=O) groups excluding carboxylic acids is 5. The van der Waals surface area contributed by atoms with Crippen LogP contribution in [0.5, 0.6) is 0 Å². The van der Waals surface area contributed by atoms with E-state index in [-0.39, 0.29) is 49.8 Å². The van der Waals surface area contributed by atoms with Crippen LogP contribution < -0.4 is 27.4 Å². The molecule has 4 atom stereocenters. The van der Waals surface area contributed by atoms with E-state index in [4.69, 9.17) is 11.5 Å². The van der Waals surface area contributed by atoms with E-state index in [0.29, 0.717) is 37.4 Å². The molecule has 1 aliphatic heterocycles. The van der Waals surface area contributed by atoms with Crippen molar-refractivity contribution >= 4 is 41.9 Å². The summed E-state index contributed by atoms with van der Waals surface area (Å²) in [5.41, 5.74) is 10.9. The number of nitrogens with zero attached hydrogens (tertiary/aromatic N) is 4. The largest absolute Gasteiger partial charge is 0.384 e. The number of nitrogens with two attached hydrogens (primary N) is 2. The molecule has 3 aliphatic rings. The maximum atomic E-state index is 13.8. The molecule has 4 rings (SSSR count). The maximum absolute atomic E-state index is 13.8. The van der Waals surface area contributed by atoms with Crippen molar-refractivity contribution in [1.82, 2.24) is 35.8 Å². The molecule has 0 spiro atoms. The van der Waals surface area contributed by atoms with E-state index < -0.39 is 47.4 Å². The number of aliphatic hydroxyl groups is 1. The molecule has 46 heavy (non-hydrogen) atoms. The van der Waals surface area contributed by atoms with Crippen LogP contribution in [-0.4, -0.2) is 91.8 Å². The molecule has 0 aromatic carbocycles. The first-order valence-corrected chi connectivity index (χ1v) is 16.2. The lowest BCUT2D eigenvalue weighted by Gasteiger charge is -2.30. The second kappa shape index (κ2) is 16.5. The molecule has 258 valence electrons. The molecule has 3 fully saturated rings. The van der Waals surface area contributed by atoms with Gasteiger partial charge >= 0.3 is 6.03 Å². The summed E-state index contributed by atoms with van der Waals surface area (Å²) < 4.78 is 1.53. The van der Waals surface area contributed by atoms with Gasteiger partial charge in [0.05, 0.1) is 30.0 Å². The number of nitrogens with one attached hydrogen (secondary N) is 3. The molecule has 1 saturated heterocycles. The molecule has 0 bridgehead atoms. The molecule has 5 amide bonds. The molecule has 1 aromatic heterocycles. The number of halogens is 1. The van der Waals surface area contributed by atoms with Crippen molar-refractivity contribution in [2.75, 3.05) is 13.1 Å². The standard InChI is InChI=1S/C30H49N9O6.ClH/c1-30(2,45)24-16-34-37-39(24)20-15-23(38(17-20)28(43)21(31)14-18-8-4-3-5-9-18)27(42)36-22(25(40)26(32)41)10-6-7-13-33-29(44)35-19-11-12-19;/h16,18-23,45H,3-15,17,31H2,1-2H3,(H2,32,41)(H,36,42)(H2,33,35,44);1H/t20-,21?,22?,23-;/m0./s1. The summed E-state index contributed by atoms with van der Waals surface area (Å²) in [5.74, 6) is -2.76. The van der Waals surface area contributed by atoms with Crippen LogP contribution in [0.1, 0.15) is 103 Å². The number of hydrogen-bond donors (Lipinski definition) is 6. The molecule has 0 radical (unpaired) electrons. The average molecular weight is 668 g/mol. The fraction of sp³-hybridized carbons (Fsp3) is 0.767. The van der Waals surface area contributed by atoms with Crippen LogP contribution in [0.4, 0.5) is 4.79 Å². The van der Waals surface area contributed by atoms with Crippen molar-refractivity contribution in [1.29, 1.82) is 0 Å². The molecular weight excluding hydrogens is 618 g/mol. The van der Waals surface area contributed by atoms with Gasteiger partial charge in [0, 0.05) is 25.6 Å². The number of rotatable bonds is 15. The highest BCUT2D eigenvalue weighted by atomic mass is 35.5. The number of unbranched alkanes of at least 4 members (excludes halogenated alkanes) is 1. The first-order valence-electron chi connectivity index (χ1n) is 16.2. The number of urea groups is 1. The SMILES string of the molecule is CC(C)(O)c1cnnn1[C@H]1C[C@@H](C(=O)NC(CCCCNC(=O)NC2CC2)C(=O)C(N)=O)N(C(=O)C(N)CC2CCCCC2)C1.Cl. The number of Topliss-reactive ketones (excluding diaryl/α,β-unsaturated/α-hetero) is 1. The lowest BCUT2D eigenvalue weighted by atomic mass is 9.84. The van der Waals surface area contributed by atoms with E-state index in [9.17, 15) is 29.1 Å². The molecule has 16 heteroatoms. The summed E-state index contributed by atoms with van der Waals surface area (Å²) in [7, 11) is 0. The Morgan fingerprint density at radius 1 is 1.09 bits per heavy atom. The van der Waals surface area contributed by atoms with Crippen molar-refractivity contribution in [3.05, 3.63) is 11.9 Å². The minimum absolute atomic E-state index is 0. The zero-order valence-corrected chi connectivity index (χ0v) is 27.6. The fourth-order valence-corrected chi connectivity index (χ4v) is 6.38. The quantitative estimate of drug-likeness (QED) is 0.113. The summed E-state index contributed by atoms with van der Waals surface area (Å²) in [6.07, 6.45) is 10.5. The van der Waals surface area contributed by atoms with Gasteiger partial charge in [0.1, 0.15) is 11.6 Å². The molecule has 2 aliphatic carbocycles. The normalized spacial score (nSPS) is 21.5. The van der Waals surface area contributed by atoms with E-state index in [0.717, 1.165) is 38.5 Å². The first-order chi connectivity index (χ1) is 21.3. The summed E-state index contributed by atoms with van der Waals surface area (Å²) in [4.78, 5) is 65.4. The molecule has 2 unspecified atom stereocenters. The van der Waals surface area contributed by atoms with Crippen LogP contribution in [0, 0.1) is 5.92 Å². The summed E-state index contributed by atoms with van der Waals surface area (Å²) in [5, 5.41) is 27.0. The van der Waals surface area contributed by atoms with Gasteiger partial charge in [-0.2, -0.15) is 0 Å². The second-order valence-corrected chi connectivity index (χ2v) is 13.3. The Balaban J connectivity index is 0.00000576. The van der Waals surface area contributed by atoms with Crippen LogP contribution in [0.25, 0.3) is 0 Å². The van der Waals surface area contributed by atoms with Crippen molar-refractivity contribution in [2.24, 2.45) is 17.4 Å². The topological polar surface area (TPSA) is 228 Å². The predicted molar refractivity (Wildman–Crippen MR) is 170 cm³/mol. The molecule has 2 saturated carbocycles. The molecular formula is C30H50ClN9O6. The van der Waals surface area contributed by atoms with Gasteiger partial charge in [-0.15, -0.1) is 17.5 Å². The fourth-order valence-electron chi connectivity index (χ4n) is 6.38. The number of carbonyl (C=O) groups is 5. The first kappa shape index (κ1) is 37.2. The van der Waals surface area contributed by atoms with Gasteiger partial charge in [-0.25, -0.2) is 9.48 Å². The third-order valence-corrected chi connectivity index (χ3v) is 9.04. The minimum atomic E-state index is -1.28. The zero-order chi connectivity index (χ0) is 32.7. The van der Waals surface area contributed by atoms with Gasteiger partial charge in [0.15, 0.2) is 0 Å². The monoisotopic (exact) mass is 667 g/mol. The third-order valence-electron chi connectivity index (χ3n) is 9.04. The minimum Gasteiger partial charge on any atom is -0.384 e. The molecule has 1 aromatic rings. The van der Waals surface area contributed by atoms with Crippen molar-refractivity contribution in [2.45, 2.75) is 127 Å². The summed E-state index contributed by atoms with van der Waals surface area (Å²) in [6, 6.07) is -3.52. The van der Waals surface area contributed by atoms with Gasteiger partial charge in [0.25, 0.3) is 5.91 Å². The number of primary amides is 1. The Morgan fingerprint density at radius 2 is 1.78 bits per heavy atom. The van der Waals surface area contributed by atoms with Crippen molar-refractivity contribution in [3.63, 3.8) is 0 Å². The van der Waals surface area contributed by atoms with E-state index in [1.807, 2.05) is 0 Å². The number of ketones is 1. The van der Waals surface area contributed by atoms with E-state index in [1.165, 1.54) is 22.2 Å². The number of amides is 5. The highest BCUT2D eigenvalue weighted by Crippen LogP contribution is 2.33. The summed E-state index contributed by atoms with van der Waals surface area (Å²) in [6.45, 7) is 3.65. The predicted octanol–water partition coefficient (Wildman–Crippen LogP) is 0.538. The van der Waals surface area contributed by atoms with Gasteiger partial charge < -0.3 is 37.4 Å². The van der Waals surface area contributed by atoms with Gasteiger partial charge in [-0.3, -0.25) is 19.2 Å². The highest BCUT2D eigenvalue weighted by molar-refractivity contribution is 6.37. The van der Waals surface area contributed by atoms with Crippen LogP contribution in [0.3, 0.4) is 0 Å². The Bertz CT molecular complexity index is 1230. The molecule has 8 N–H and O–H groups in total. The second-order valence-electron chi connectivity index (χ2n) is 13.3. The van der Waals surface area contributed by atoms with E-state index in [2.05, 4.69) is 26.3 Å². The lowest BCUT2D eigenvalue weighted by Crippen LogP contribution is -2.55. The number of hydrogen-bond acceptors (Lipinski definition) is 9. The van der Waals surface area contributed by atoms with Crippen LogP contribution in [0.2, 0.25) is 0 Å². The van der Waals surface area contributed by atoms with E-state index >= 15 is 0 Å². The average Bonchev–Trinajstić information content (AvgIpc) is 3.46. The van der Waals surface area contributed by atoms with E-state index in [1.54, 1.807) is 13.8 Å². The third kappa shape index (κ3) is 10.1. The lowest BCUT2D eigenvalue weighted by molar-refractivity contribution is -0.142. The molecule has 15 nitrogen and oxygen atoms in total. The van der Waals surface area contributed by atoms with Gasteiger partial charge in [0.2, 0.25) is 17.6 Å². The Labute approximate surface area is 275 Å². The zero-order valence-electron chi connectivity index (χ0n) is 26.8. The Kier molecular flexibility index (Phi) is 13.3. The molecule has 2 heterocycles. The Hall–Kier alpha value is -3.30. The Morgan fingerprint density at radius 3 is 2.41 bits per heavy atom. The van der Waals surface area contributed by atoms with Crippen molar-refractivity contribution in [3.8, 4) is 0 Å². The van der Waals surface area contributed by atoms with Crippen LogP contribution in [-0.2, 0) is 24.8 Å². The number of likely N-dealkylation sites (tertiary alicyclic amines) is 1. The number of aromatic nitrogens is 3. The highest BCUT2D eigenvalue weighted by Gasteiger charge is 2.44. The van der Waals surface area contributed by atoms with Gasteiger partial charge in [-0.05, 0) is 58.3 Å². The van der Waals surface area contributed by atoms with Crippen molar-refractivity contribution < 1.29 is 29.1 Å². The van der Waals surface area contributed by atoms with Gasteiger partial charge in [-0.1, -0.05) is 37.3 Å². The summed E-state index contributed by atoms with van der Waals surface area (Å²) >= 11 is 0. The van der Waals surface area contributed by atoms with Crippen LogP contribution >= 0.6 is 12.4 Å².